The van der Waals surface area contributed by atoms with Crippen molar-refractivity contribution < 1.29 is 0 Å². The third-order valence-corrected chi connectivity index (χ3v) is 5.40. The fourth-order valence-electron chi connectivity index (χ4n) is 2.04. The van der Waals surface area contributed by atoms with E-state index in [1.54, 1.807) is 23.1 Å². The maximum Gasteiger partial charge on any atom is 0.191 e. The third kappa shape index (κ3) is 3.83. The number of nitrogens with zero attached hydrogens (tertiary/aromatic N) is 4. The number of aromatic nitrogens is 4. The number of rotatable bonds is 6. The van der Waals surface area contributed by atoms with E-state index in [0.29, 0.717) is 6.54 Å². The van der Waals surface area contributed by atoms with Gasteiger partial charge in [0.25, 0.3) is 0 Å². The predicted molar refractivity (Wildman–Crippen MR) is 97.1 cm³/mol. The largest absolute Gasteiger partial charge is 0.302 e. The van der Waals surface area contributed by atoms with Gasteiger partial charge in [-0.3, -0.25) is 0 Å². The van der Waals surface area contributed by atoms with E-state index >= 15 is 0 Å². The summed E-state index contributed by atoms with van der Waals surface area (Å²) in [5, 5.41) is 13.0. The Morgan fingerprint density at radius 2 is 2.09 bits per heavy atom. The number of hydrogen-bond acceptors (Lipinski definition) is 5. The molecule has 0 aliphatic carbocycles. The van der Waals surface area contributed by atoms with Gasteiger partial charge in [-0.25, -0.2) is 4.98 Å². The topological polar surface area (TPSA) is 43.6 Å². The molecule has 0 radical (unpaired) electrons. The van der Waals surface area contributed by atoms with Crippen LogP contribution in [0.2, 0.25) is 5.02 Å². The molecule has 0 saturated carbocycles. The summed E-state index contributed by atoms with van der Waals surface area (Å²) in [5.41, 5.74) is 2.12. The van der Waals surface area contributed by atoms with Gasteiger partial charge < -0.3 is 4.57 Å². The standard InChI is InChI=1S/C16H15ClN4S2/c1-3-8-21-11(2)19-20-16(21)23-10-14-9-22-15(18-14)12-4-6-13(17)7-5-12/h3-7,9H,1,8,10H2,2H3. The molecular formula is C16H15ClN4S2. The summed E-state index contributed by atoms with van der Waals surface area (Å²) in [6, 6.07) is 7.74. The van der Waals surface area contributed by atoms with Crippen LogP contribution in [-0.2, 0) is 12.3 Å². The van der Waals surface area contributed by atoms with Crippen molar-refractivity contribution in [3.63, 3.8) is 0 Å². The van der Waals surface area contributed by atoms with Crippen molar-refractivity contribution in [2.24, 2.45) is 0 Å². The fourth-order valence-corrected chi connectivity index (χ4v) is 3.99. The highest BCUT2D eigenvalue weighted by Crippen LogP contribution is 2.28. The van der Waals surface area contributed by atoms with Gasteiger partial charge in [-0.15, -0.1) is 28.1 Å². The van der Waals surface area contributed by atoms with Crippen molar-refractivity contribution >= 4 is 34.7 Å². The molecule has 0 fully saturated rings. The Bertz CT molecular complexity index is 808. The minimum absolute atomic E-state index is 0.717. The molecular weight excluding hydrogens is 348 g/mol. The molecule has 118 valence electrons. The highest BCUT2D eigenvalue weighted by Gasteiger charge is 2.10. The first-order valence-corrected chi connectivity index (χ1v) is 9.25. The minimum Gasteiger partial charge on any atom is -0.302 e. The quantitative estimate of drug-likeness (QED) is 0.464. The first-order chi connectivity index (χ1) is 11.2. The molecule has 0 bridgehead atoms. The maximum atomic E-state index is 5.92. The molecule has 3 aromatic rings. The van der Waals surface area contributed by atoms with Crippen molar-refractivity contribution in [1.29, 1.82) is 0 Å². The summed E-state index contributed by atoms with van der Waals surface area (Å²) in [5.74, 6) is 1.66. The molecule has 0 N–H and O–H groups in total. The molecule has 0 aliphatic heterocycles. The number of thioether (sulfide) groups is 1. The van der Waals surface area contributed by atoms with Gasteiger partial charge in [-0.2, -0.15) is 0 Å². The third-order valence-electron chi connectivity index (χ3n) is 3.21. The van der Waals surface area contributed by atoms with Crippen molar-refractivity contribution in [2.45, 2.75) is 24.4 Å². The molecule has 23 heavy (non-hydrogen) atoms. The summed E-state index contributed by atoms with van der Waals surface area (Å²) < 4.78 is 2.05. The van der Waals surface area contributed by atoms with E-state index in [0.717, 1.165) is 38.0 Å². The van der Waals surface area contributed by atoms with Crippen LogP contribution in [0, 0.1) is 6.92 Å². The van der Waals surface area contributed by atoms with E-state index in [1.165, 1.54) is 0 Å². The zero-order chi connectivity index (χ0) is 16.2. The maximum absolute atomic E-state index is 5.92. The number of halogens is 1. The van der Waals surface area contributed by atoms with Crippen LogP contribution < -0.4 is 0 Å². The smallest absolute Gasteiger partial charge is 0.191 e. The van der Waals surface area contributed by atoms with E-state index in [2.05, 4.69) is 27.1 Å². The molecule has 1 aromatic carbocycles. The van der Waals surface area contributed by atoms with E-state index in [9.17, 15) is 0 Å². The van der Waals surface area contributed by atoms with Gasteiger partial charge in [0.15, 0.2) is 5.16 Å². The summed E-state index contributed by atoms with van der Waals surface area (Å²) in [7, 11) is 0. The van der Waals surface area contributed by atoms with Crippen LogP contribution in [-0.4, -0.2) is 19.7 Å². The Kier molecular flexibility index (Phi) is 5.15. The van der Waals surface area contributed by atoms with Crippen molar-refractivity contribution in [2.75, 3.05) is 0 Å². The number of thiazole rings is 1. The van der Waals surface area contributed by atoms with Gasteiger partial charge in [0, 0.05) is 28.3 Å². The summed E-state index contributed by atoms with van der Waals surface area (Å²) in [6.45, 7) is 6.44. The molecule has 7 heteroatoms. The van der Waals surface area contributed by atoms with E-state index in [1.807, 2.05) is 41.8 Å². The molecule has 2 heterocycles. The van der Waals surface area contributed by atoms with Crippen molar-refractivity contribution in [1.82, 2.24) is 19.7 Å². The van der Waals surface area contributed by atoms with Crippen LogP contribution in [0.15, 0.2) is 47.5 Å². The number of aryl methyl sites for hydroxylation is 1. The monoisotopic (exact) mass is 362 g/mol. The van der Waals surface area contributed by atoms with Crippen LogP contribution in [0.1, 0.15) is 11.5 Å². The Hall–Kier alpha value is -1.63. The van der Waals surface area contributed by atoms with E-state index < -0.39 is 0 Å². The van der Waals surface area contributed by atoms with Crippen LogP contribution >= 0.6 is 34.7 Å². The average molecular weight is 363 g/mol. The van der Waals surface area contributed by atoms with Crippen LogP contribution in [0.5, 0.6) is 0 Å². The zero-order valence-corrected chi connectivity index (χ0v) is 15.0. The second-order valence-corrected chi connectivity index (χ2v) is 7.11. The van der Waals surface area contributed by atoms with Gasteiger partial charge >= 0.3 is 0 Å². The Balaban J connectivity index is 1.70. The van der Waals surface area contributed by atoms with E-state index in [4.69, 9.17) is 11.6 Å². The highest BCUT2D eigenvalue weighted by molar-refractivity contribution is 7.98. The molecule has 3 rings (SSSR count). The van der Waals surface area contributed by atoms with Gasteiger partial charge in [0.1, 0.15) is 10.8 Å². The van der Waals surface area contributed by atoms with Crippen molar-refractivity contribution in [3.8, 4) is 10.6 Å². The average Bonchev–Trinajstić information content (AvgIpc) is 3.15. The minimum atomic E-state index is 0.717. The van der Waals surface area contributed by atoms with Gasteiger partial charge in [-0.05, 0) is 19.1 Å². The molecule has 0 aliphatic rings. The second-order valence-electron chi connectivity index (χ2n) is 4.87. The molecule has 0 atom stereocenters. The van der Waals surface area contributed by atoms with Crippen LogP contribution in [0.3, 0.4) is 0 Å². The van der Waals surface area contributed by atoms with Crippen LogP contribution in [0.4, 0.5) is 0 Å². The zero-order valence-electron chi connectivity index (χ0n) is 12.6. The summed E-state index contributed by atoms with van der Waals surface area (Å²) >= 11 is 9.20. The van der Waals surface area contributed by atoms with Gasteiger partial charge in [0.05, 0.1) is 5.69 Å². The number of allylic oxidation sites excluding steroid dienone is 1. The Morgan fingerprint density at radius 3 is 2.83 bits per heavy atom. The number of hydrogen-bond donors (Lipinski definition) is 0. The van der Waals surface area contributed by atoms with Gasteiger partial charge in [-0.1, -0.05) is 41.6 Å². The molecule has 4 nitrogen and oxygen atoms in total. The SMILES string of the molecule is C=CCn1c(C)nnc1SCc1csc(-c2ccc(Cl)cc2)n1. The van der Waals surface area contributed by atoms with E-state index in [-0.39, 0.29) is 0 Å². The molecule has 0 saturated heterocycles. The van der Waals surface area contributed by atoms with Crippen molar-refractivity contribution in [3.05, 3.63) is 58.8 Å². The number of benzene rings is 1. The molecule has 0 amide bonds. The molecule has 0 unspecified atom stereocenters. The van der Waals surface area contributed by atoms with Crippen LogP contribution in [0.25, 0.3) is 10.6 Å². The lowest BCUT2D eigenvalue weighted by Gasteiger charge is -2.03. The summed E-state index contributed by atoms with van der Waals surface area (Å²) in [4.78, 5) is 4.68. The second kappa shape index (κ2) is 7.29. The fraction of sp³-hybridized carbons (Fsp3) is 0.188. The molecule has 0 spiro atoms. The predicted octanol–water partition coefficient (Wildman–Crippen LogP) is 4.84. The lowest BCUT2D eigenvalue weighted by molar-refractivity contribution is 0.703. The Morgan fingerprint density at radius 1 is 1.30 bits per heavy atom. The lowest BCUT2D eigenvalue weighted by Crippen LogP contribution is -2.00. The first kappa shape index (κ1) is 16.2. The first-order valence-electron chi connectivity index (χ1n) is 7.01. The summed E-state index contributed by atoms with van der Waals surface area (Å²) in [6.07, 6.45) is 1.85. The normalized spacial score (nSPS) is 10.9. The molecule has 2 aromatic heterocycles. The lowest BCUT2D eigenvalue weighted by atomic mass is 10.2. The highest BCUT2D eigenvalue weighted by atomic mass is 35.5. The van der Waals surface area contributed by atoms with Gasteiger partial charge in [0.2, 0.25) is 0 Å². The Labute approximate surface area is 148 Å².